The van der Waals surface area contributed by atoms with Gasteiger partial charge in [-0.05, 0) is 19.3 Å². The molecule has 2 N–H and O–H groups in total. The van der Waals surface area contributed by atoms with Crippen molar-refractivity contribution in [3.8, 4) is 0 Å². The average molecular weight is 344 g/mol. The Bertz CT molecular complexity index is 383. The first-order valence-electron chi connectivity index (χ1n) is 7.01. The minimum Gasteiger partial charge on any atom is -0.449 e. The summed E-state index contributed by atoms with van der Waals surface area (Å²) >= 11 is 3.88. The lowest BCUT2D eigenvalue weighted by atomic mass is 9.79. The van der Waals surface area contributed by atoms with Crippen molar-refractivity contribution < 1.29 is 22.7 Å². The summed E-state index contributed by atoms with van der Waals surface area (Å²) in [5.74, 6) is -3.64. The van der Waals surface area contributed by atoms with Gasteiger partial charge in [-0.2, -0.15) is 0 Å². The van der Waals surface area contributed by atoms with E-state index in [9.17, 15) is 18.0 Å². The number of hydrogen-bond acceptors (Lipinski definition) is 4. The molecule has 0 heterocycles. The molecule has 8 heteroatoms. The predicted molar refractivity (Wildman–Crippen MR) is 84.0 cm³/mol. The van der Waals surface area contributed by atoms with Gasteiger partial charge in [-0.1, -0.05) is 40.5 Å². The van der Waals surface area contributed by atoms with Gasteiger partial charge in [-0.3, -0.25) is 4.72 Å². The van der Waals surface area contributed by atoms with Gasteiger partial charge in [0.1, 0.15) is 6.61 Å². The lowest BCUT2D eigenvalue weighted by Crippen LogP contribution is -2.53. The molecule has 0 unspecified atom stereocenters. The van der Waals surface area contributed by atoms with Crippen LogP contribution in [0.3, 0.4) is 0 Å². The van der Waals surface area contributed by atoms with Gasteiger partial charge in [-0.15, -0.1) is 0 Å². The van der Waals surface area contributed by atoms with Gasteiger partial charge in [0.2, 0.25) is 0 Å². The molecule has 0 spiro atoms. The van der Waals surface area contributed by atoms with E-state index in [4.69, 9.17) is 4.74 Å². The van der Waals surface area contributed by atoms with Crippen LogP contribution in [0.25, 0.3) is 0 Å². The number of carbonyl (C=O) groups excluding carboxylic acids is 1. The lowest BCUT2D eigenvalue weighted by molar-refractivity contribution is -0.204. The first-order valence-corrected chi connectivity index (χ1v) is 7.45. The van der Waals surface area contributed by atoms with Crippen molar-refractivity contribution in [1.29, 1.82) is 0 Å². The Morgan fingerprint density at radius 2 is 1.55 bits per heavy atom. The van der Waals surface area contributed by atoms with E-state index in [2.05, 4.69) is 22.9 Å². The molecule has 0 saturated heterocycles. The fourth-order valence-corrected chi connectivity index (χ4v) is 2.21. The highest BCUT2D eigenvalue weighted by Crippen LogP contribution is 2.46. The van der Waals surface area contributed by atoms with Gasteiger partial charge in [0.05, 0.1) is 5.41 Å². The third-order valence-electron chi connectivity index (χ3n) is 3.43. The number of rotatable bonds is 8. The van der Waals surface area contributed by atoms with Crippen LogP contribution < -0.4 is 10.0 Å². The van der Waals surface area contributed by atoms with E-state index >= 15 is 0 Å². The molecule has 22 heavy (non-hydrogen) atoms. The molecule has 132 valence electrons. The maximum absolute atomic E-state index is 14.0. The van der Waals surface area contributed by atoms with Crippen LogP contribution in [0.15, 0.2) is 0 Å². The Morgan fingerprint density at radius 1 is 1.05 bits per heavy atom. The average Bonchev–Trinajstić information content (AvgIpc) is 2.32. The van der Waals surface area contributed by atoms with E-state index < -0.39 is 29.7 Å². The fourth-order valence-electron chi connectivity index (χ4n) is 1.78. The Hall–Kier alpha value is -0.630. The highest BCUT2D eigenvalue weighted by Gasteiger charge is 2.58. The van der Waals surface area contributed by atoms with Crippen molar-refractivity contribution in [3.63, 3.8) is 0 Å². The zero-order chi connectivity index (χ0) is 17.8. The molecule has 0 saturated carbocycles. The van der Waals surface area contributed by atoms with Gasteiger partial charge in [0.25, 0.3) is 5.92 Å². The summed E-state index contributed by atoms with van der Waals surface area (Å²) in [4.78, 5) is 11.6. The molecule has 0 atom stereocenters. The first-order chi connectivity index (χ1) is 9.66. The van der Waals surface area contributed by atoms with Crippen LogP contribution in [0.5, 0.6) is 0 Å². The summed E-state index contributed by atoms with van der Waals surface area (Å²) in [6.45, 7) is 7.95. The number of thiol groups is 1. The smallest absolute Gasteiger partial charge is 0.407 e. The first kappa shape index (κ1) is 21.4. The maximum atomic E-state index is 14.0. The highest BCUT2D eigenvalue weighted by atomic mass is 32.1. The van der Waals surface area contributed by atoms with Gasteiger partial charge >= 0.3 is 6.09 Å². The molecular formula is C14H27F3N2O2S. The van der Waals surface area contributed by atoms with E-state index in [1.165, 1.54) is 0 Å². The van der Waals surface area contributed by atoms with Crippen molar-refractivity contribution in [1.82, 2.24) is 10.0 Å². The summed E-state index contributed by atoms with van der Waals surface area (Å²) < 4.78 is 49.2. The SMILES string of the molecule is CC(C)(CNS)CNC(=O)OCC(C)(C)C(F)(F)C(C)(C)F. The number of carbonyl (C=O) groups is 1. The molecule has 0 aromatic carbocycles. The number of alkyl carbamates (subject to hydrolysis) is 1. The summed E-state index contributed by atoms with van der Waals surface area (Å²) in [6, 6.07) is 0. The van der Waals surface area contributed by atoms with E-state index in [1.807, 2.05) is 13.8 Å². The molecule has 0 fully saturated rings. The normalized spacial score (nSPS) is 13.9. The largest absolute Gasteiger partial charge is 0.449 e. The standard InChI is InChI=1S/C14H27F3N2O2S/c1-11(2,8-19-22)7-18-10(20)21-9-12(3,4)14(16,17)13(5,6)15/h19,22H,7-9H2,1-6H3,(H,18,20). The number of halogens is 3. The quantitative estimate of drug-likeness (QED) is 0.590. The monoisotopic (exact) mass is 344 g/mol. The van der Waals surface area contributed by atoms with Gasteiger partial charge in [0.15, 0.2) is 5.67 Å². The van der Waals surface area contributed by atoms with Crippen molar-refractivity contribution in [3.05, 3.63) is 0 Å². The molecule has 0 rings (SSSR count). The minimum atomic E-state index is -3.64. The zero-order valence-corrected chi connectivity index (χ0v) is 14.9. The van der Waals surface area contributed by atoms with Crippen LogP contribution in [0.1, 0.15) is 41.5 Å². The van der Waals surface area contributed by atoms with E-state index in [0.29, 0.717) is 6.54 Å². The van der Waals surface area contributed by atoms with Crippen molar-refractivity contribution in [2.24, 2.45) is 10.8 Å². The molecule has 0 aromatic rings. The second kappa shape index (κ2) is 7.29. The molecule has 4 nitrogen and oxygen atoms in total. The van der Waals surface area contributed by atoms with Gasteiger partial charge < -0.3 is 10.1 Å². The molecule has 0 aromatic heterocycles. The summed E-state index contributed by atoms with van der Waals surface area (Å²) in [5, 5.41) is 2.50. The van der Waals surface area contributed by atoms with Crippen LogP contribution >= 0.6 is 12.8 Å². The van der Waals surface area contributed by atoms with E-state index in [-0.39, 0.29) is 12.0 Å². The third-order valence-corrected chi connectivity index (χ3v) is 3.59. The van der Waals surface area contributed by atoms with Crippen LogP contribution in [-0.2, 0) is 4.74 Å². The van der Waals surface area contributed by atoms with Crippen LogP contribution in [-0.4, -0.2) is 37.4 Å². The number of nitrogens with one attached hydrogen (secondary N) is 2. The summed E-state index contributed by atoms with van der Waals surface area (Å²) in [5.41, 5.74) is -4.82. The van der Waals surface area contributed by atoms with Crippen molar-refractivity contribution >= 4 is 18.9 Å². The Morgan fingerprint density at radius 3 is 1.95 bits per heavy atom. The number of ether oxygens (including phenoxy) is 1. The Labute approximate surface area is 136 Å². The van der Waals surface area contributed by atoms with Gasteiger partial charge in [-0.25, -0.2) is 18.0 Å². The fraction of sp³-hybridized carbons (Fsp3) is 0.929. The van der Waals surface area contributed by atoms with E-state index in [1.54, 1.807) is 0 Å². The molecule has 0 aliphatic carbocycles. The maximum Gasteiger partial charge on any atom is 0.407 e. The Kier molecular flexibility index (Phi) is 7.09. The second-order valence-electron chi connectivity index (χ2n) is 7.36. The predicted octanol–water partition coefficient (Wildman–Crippen LogP) is 3.58. The number of hydrogen-bond donors (Lipinski definition) is 3. The highest BCUT2D eigenvalue weighted by molar-refractivity contribution is 7.78. The topological polar surface area (TPSA) is 50.4 Å². The molecule has 0 bridgehead atoms. The molecule has 0 aliphatic heterocycles. The third kappa shape index (κ3) is 5.87. The molecule has 0 aliphatic rings. The lowest BCUT2D eigenvalue weighted by Gasteiger charge is -2.39. The summed E-state index contributed by atoms with van der Waals surface area (Å²) in [7, 11) is 0. The van der Waals surface area contributed by atoms with Crippen molar-refractivity contribution in [2.75, 3.05) is 19.7 Å². The van der Waals surface area contributed by atoms with Crippen LogP contribution in [0, 0.1) is 10.8 Å². The molecular weight excluding hydrogens is 317 g/mol. The van der Waals surface area contributed by atoms with E-state index in [0.717, 1.165) is 27.7 Å². The van der Waals surface area contributed by atoms with Crippen LogP contribution in [0.2, 0.25) is 0 Å². The Balaban J connectivity index is 4.52. The molecule has 1 amide bonds. The van der Waals surface area contributed by atoms with Crippen molar-refractivity contribution in [2.45, 2.75) is 53.1 Å². The number of alkyl halides is 3. The molecule has 0 radical (unpaired) electrons. The second-order valence-corrected chi connectivity index (χ2v) is 7.68. The van der Waals surface area contributed by atoms with Gasteiger partial charge in [0, 0.05) is 13.1 Å². The number of amides is 1. The van der Waals surface area contributed by atoms with Crippen LogP contribution in [0.4, 0.5) is 18.0 Å². The summed E-state index contributed by atoms with van der Waals surface area (Å²) in [6.07, 6.45) is -0.812. The minimum absolute atomic E-state index is 0.277. The zero-order valence-electron chi connectivity index (χ0n) is 14.0.